The van der Waals surface area contributed by atoms with Crippen molar-refractivity contribution in [1.82, 2.24) is 10.4 Å². The van der Waals surface area contributed by atoms with Crippen molar-refractivity contribution in [2.24, 2.45) is 0 Å². The Morgan fingerprint density at radius 3 is 2.75 bits per heavy atom. The molecule has 1 fully saturated rings. The molecule has 1 N–H and O–H groups in total. The Hall–Kier alpha value is -1.35. The number of nitrogens with zero attached hydrogens (tertiary/aromatic N) is 1. The van der Waals surface area contributed by atoms with E-state index in [9.17, 15) is 4.79 Å². The van der Waals surface area contributed by atoms with Gasteiger partial charge in [0.15, 0.2) is 0 Å². The van der Waals surface area contributed by atoms with Crippen LogP contribution in [0.3, 0.4) is 0 Å². The molecule has 2 rings (SSSR count). The maximum atomic E-state index is 11.9. The summed E-state index contributed by atoms with van der Waals surface area (Å²) >= 11 is 0. The van der Waals surface area contributed by atoms with E-state index in [1.54, 1.807) is 0 Å². The maximum Gasteiger partial charge on any atom is 0.265 e. The van der Waals surface area contributed by atoms with Gasteiger partial charge in [0.2, 0.25) is 0 Å². The van der Waals surface area contributed by atoms with Crippen LogP contribution in [0.5, 0.6) is 0 Å². The zero-order valence-electron chi connectivity index (χ0n) is 9.65. The van der Waals surface area contributed by atoms with Crippen molar-refractivity contribution in [2.75, 3.05) is 6.54 Å². The van der Waals surface area contributed by atoms with Gasteiger partial charge < -0.3 is 0 Å². The van der Waals surface area contributed by atoms with Gasteiger partial charge in [-0.05, 0) is 31.9 Å². The summed E-state index contributed by atoms with van der Waals surface area (Å²) in [7, 11) is 0. The number of rotatable bonds is 2. The Labute approximate surface area is 96.4 Å². The summed E-state index contributed by atoms with van der Waals surface area (Å²) in [6, 6.07) is 9.80. The Morgan fingerprint density at radius 2 is 2.06 bits per heavy atom. The van der Waals surface area contributed by atoms with Gasteiger partial charge in [-0.1, -0.05) is 24.6 Å². The number of benzene rings is 1. The highest BCUT2D eigenvalue weighted by Crippen LogP contribution is 2.14. The molecule has 3 heteroatoms. The quantitative estimate of drug-likeness (QED) is 0.825. The van der Waals surface area contributed by atoms with Crippen LogP contribution in [0.4, 0.5) is 0 Å². The first kappa shape index (κ1) is 11.1. The van der Waals surface area contributed by atoms with Crippen LogP contribution in [-0.4, -0.2) is 23.5 Å². The SMILES string of the molecule is CC1CCCCN1NC(=O)c1ccccc1. The Bertz CT molecular complexity index is 350. The van der Waals surface area contributed by atoms with Gasteiger partial charge in [0.1, 0.15) is 0 Å². The summed E-state index contributed by atoms with van der Waals surface area (Å²) in [5, 5.41) is 2.05. The first-order valence-corrected chi connectivity index (χ1v) is 5.90. The first-order valence-electron chi connectivity index (χ1n) is 5.90. The van der Waals surface area contributed by atoms with Gasteiger partial charge in [-0.3, -0.25) is 10.2 Å². The van der Waals surface area contributed by atoms with E-state index in [0.29, 0.717) is 6.04 Å². The Kier molecular flexibility index (Phi) is 3.57. The average Bonchev–Trinajstić information content (AvgIpc) is 2.33. The van der Waals surface area contributed by atoms with E-state index >= 15 is 0 Å². The van der Waals surface area contributed by atoms with E-state index in [1.165, 1.54) is 12.8 Å². The largest absolute Gasteiger partial charge is 0.285 e. The lowest BCUT2D eigenvalue weighted by molar-refractivity contribution is 0.0612. The monoisotopic (exact) mass is 218 g/mol. The predicted octanol–water partition coefficient (Wildman–Crippen LogP) is 2.21. The van der Waals surface area contributed by atoms with Crippen LogP contribution in [0.2, 0.25) is 0 Å². The molecule has 0 radical (unpaired) electrons. The fourth-order valence-electron chi connectivity index (χ4n) is 2.05. The average molecular weight is 218 g/mol. The maximum absolute atomic E-state index is 11.9. The molecule has 1 aromatic rings. The van der Waals surface area contributed by atoms with E-state index in [-0.39, 0.29) is 5.91 Å². The van der Waals surface area contributed by atoms with Gasteiger partial charge in [0, 0.05) is 18.2 Å². The van der Waals surface area contributed by atoms with E-state index in [1.807, 2.05) is 30.3 Å². The third kappa shape index (κ3) is 2.61. The number of carbonyl (C=O) groups excluding carboxylic acids is 1. The number of hydrogen-bond donors (Lipinski definition) is 1. The summed E-state index contributed by atoms with van der Waals surface area (Å²) in [5.74, 6) is -0.00523. The lowest BCUT2D eigenvalue weighted by Crippen LogP contribution is -2.49. The molecule has 0 spiro atoms. The lowest BCUT2D eigenvalue weighted by Gasteiger charge is -2.33. The molecule has 1 aliphatic heterocycles. The van der Waals surface area contributed by atoms with E-state index in [4.69, 9.17) is 0 Å². The molecule has 1 atom stereocenters. The van der Waals surface area contributed by atoms with Crippen molar-refractivity contribution < 1.29 is 4.79 Å². The topological polar surface area (TPSA) is 32.3 Å². The standard InChI is InChI=1S/C13H18N2O/c1-11-7-5-6-10-15(11)14-13(16)12-8-3-2-4-9-12/h2-4,8-9,11H,5-7,10H2,1H3,(H,14,16). The molecule has 1 aromatic carbocycles. The molecule has 1 aliphatic rings. The summed E-state index contributed by atoms with van der Waals surface area (Å²) in [5.41, 5.74) is 3.70. The molecular weight excluding hydrogens is 200 g/mol. The minimum absolute atomic E-state index is 0.00523. The Morgan fingerprint density at radius 1 is 1.31 bits per heavy atom. The fraction of sp³-hybridized carbons (Fsp3) is 0.462. The van der Waals surface area contributed by atoms with Crippen molar-refractivity contribution >= 4 is 5.91 Å². The third-order valence-electron chi connectivity index (χ3n) is 3.08. The normalized spacial score (nSPS) is 21.7. The van der Waals surface area contributed by atoms with Crippen LogP contribution in [0.1, 0.15) is 36.5 Å². The van der Waals surface area contributed by atoms with Gasteiger partial charge in [-0.15, -0.1) is 0 Å². The predicted molar refractivity (Wildman–Crippen MR) is 63.9 cm³/mol. The second-order valence-corrected chi connectivity index (χ2v) is 4.35. The third-order valence-corrected chi connectivity index (χ3v) is 3.08. The van der Waals surface area contributed by atoms with E-state index in [2.05, 4.69) is 17.4 Å². The molecule has 0 aliphatic carbocycles. The van der Waals surface area contributed by atoms with Gasteiger partial charge >= 0.3 is 0 Å². The van der Waals surface area contributed by atoms with Crippen LogP contribution < -0.4 is 5.43 Å². The molecule has 0 saturated carbocycles. The number of hydrazine groups is 1. The van der Waals surface area contributed by atoms with Crippen molar-refractivity contribution in [1.29, 1.82) is 0 Å². The molecule has 3 nitrogen and oxygen atoms in total. The van der Waals surface area contributed by atoms with Crippen molar-refractivity contribution in [3.8, 4) is 0 Å². The number of hydrogen-bond acceptors (Lipinski definition) is 2. The zero-order chi connectivity index (χ0) is 11.4. The van der Waals surface area contributed by atoms with E-state index in [0.717, 1.165) is 18.5 Å². The molecule has 1 unspecified atom stereocenters. The second kappa shape index (κ2) is 5.12. The highest BCUT2D eigenvalue weighted by molar-refractivity contribution is 5.93. The summed E-state index contributed by atoms with van der Waals surface area (Å²) in [6.45, 7) is 3.12. The van der Waals surface area contributed by atoms with Crippen LogP contribution in [0.25, 0.3) is 0 Å². The molecule has 0 aromatic heterocycles. The van der Waals surface area contributed by atoms with Gasteiger partial charge in [-0.25, -0.2) is 5.01 Å². The summed E-state index contributed by atoms with van der Waals surface area (Å²) < 4.78 is 0. The number of carbonyl (C=O) groups is 1. The first-order chi connectivity index (χ1) is 7.77. The molecular formula is C13H18N2O. The van der Waals surface area contributed by atoms with Crippen molar-refractivity contribution in [3.05, 3.63) is 35.9 Å². The van der Waals surface area contributed by atoms with Crippen LogP contribution >= 0.6 is 0 Å². The highest BCUT2D eigenvalue weighted by Gasteiger charge is 2.20. The minimum Gasteiger partial charge on any atom is -0.285 e. The number of piperidine rings is 1. The molecule has 1 saturated heterocycles. The smallest absolute Gasteiger partial charge is 0.265 e. The molecule has 16 heavy (non-hydrogen) atoms. The molecule has 0 bridgehead atoms. The van der Waals surface area contributed by atoms with Crippen LogP contribution in [0.15, 0.2) is 30.3 Å². The fourth-order valence-corrected chi connectivity index (χ4v) is 2.05. The van der Waals surface area contributed by atoms with Gasteiger partial charge in [0.25, 0.3) is 5.91 Å². The lowest BCUT2D eigenvalue weighted by atomic mass is 10.1. The molecule has 1 heterocycles. The van der Waals surface area contributed by atoms with Crippen LogP contribution in [0, 0.1) is 0 Å². The second-order valence-electron chi connectivity index (χ2n) is 4.35. The van der Waals surface area contributed by atoms with Crippen LogP contribution in [-0.2, 0) is 0 Å². The molecule has 1 amide bonds. The highest BCUT2D eigenvalue weighted by atomic mass is 16.2. The number of amides is 1. The summed E-state index contributed by atoms with van der Waals surface area (Å²) in [6.07, 6.45) is 3.59. The minimum atomic E-state index is -0.00523. The number of nitrogens with one attached hydrogen (secondary N) is 1. The zero-order valence-corrected chi connectivity index (χ0v) is 9.65. The van der Waals surface area contributed by atoms with Gasteiger partial charge in [-0.2, -0.15) is 0 Å². The Balaban J connectivity index is 1.96. The van der Waals surface area contributed by atoms with E-state index < -0.39 is 0 Å². The summed E-state index contributed by atoms with van der Waals surface area (Å²) in [4.78, 5) is 11.9. The van der Waals surface area contributed by atoms with Gasteiger partial charge in [0.05, 0.1) is 0 Å². The van der Waals surface area contributed by atoms with Crippen molar-refractivity contribution in [3.63, 3.8) is 0 Å². The molecule has 86 valence electrons. The van der Waals surface area contributed by atoms with Crippen molar-refractivity contribution in [2.45, 2.75) is 32.2 Å².